The molecule has 0 saturated carbocycles. The molecule has 5 rings (SSSR count). The smallest absolute Gasteiger partial charge is 0.253 e. The number of hydrogen-bond acceptors (Lipinski definition) is 7. The fourth-order valence-corrected chi connectivity index (χ4v) is 8.04. The number of amides is 1. The molecule has 32 heavy (non-hydrogen) atoms. The van der Waals surface area contributed by atoms with Gasteiger partial charge in [-0.2, -0.15) is 4.31 Å². The Balaban J connectivity index is 1.28. The van der Waals surface area contributed by atoms with E-state index in [1.165, 1.54) is 21.7 Å². The first-order valence-electron chi connectivity index (χ1n) is 10.2. The first-order valence-corrected chi connectivity index (χ1v) is 13.3. The molecule has 1 aromatic carbocycles. The van der Waals surface area contributed by atoms with Crippen molar-refractivity contribution >= 4 is 54.0 Å². The number of piperazine rings is 1. The zero-order chi connectivity index (χ0) is 22.5. The molecule has 2 saturated heterocycles. The number of benzene rings is 1. The summed E-state index contributed by atoms with van der Waals surface area (Å²) in [5.41, 5.74) is 0.144. The van der Waals surface area contributed by atoms with Crippen LogP contribution in [0.15, 0.2) is 33.9 Å². The SMILES string of the molecule is O=C([C@@H]1CCCN1S(=O)(=O)c1cccs1)N1CCN(c2nc3c(F)cc(F)cc3s2)CC1. The van der Waals surface area contributed by atoms with E-state index < -0.39 is 27.7 Å². The monoisotopic (exact) mass is 498 g/mol. The maximum Gasteiger partial charge on any atom is 0.253 e. The summed E-state index contributed by atoms with van der Waals surface area (Å²) in [6.45, 7) is 2.13. The topological polar surface area (TPSA) is 73.8 Å². The molecule has 2 aromatic heterocycles. The molecule has 7 nitrogen and oxygen atoms in total. The van der Waals surface area contributed by atoms with E-state index in [0.29, 0.717) is 55.4 Å². The van der Waals surface area contributed by atoms with E-state index >= 15 is 0 Å². The number of rotatable bonds is 4. The molecule has 2 aliphatic rings. The summed E-state index contributed by atoms with van der Waals surface area (Å²) in [5, 5.41) is 2.29. The Morgan fingerprint density at radius 2 is 1.91 bits per heavy atom. The van der Waals surface area contributed by atoms with Gasteiger partial charge in [-0.25, -0.2) is 22.2 Å². The summed E-state index contributed by atoms with van der Waals surface area (Å²) in [6, 6.07) is 4.65. The molecular weight excluding hydrogens is 478 g/mol. The predicted molar refractivity (Wildman–Crippen MR) is 120 cm³/mol. The van der Waals surface area contributed by atoms with Crippen molar-refractivity contribution < 1.29 is 22.0 Å². The lowest BCUT2D eigenvalue weighted by molar-refractivity contribution is -0.134. The van der Waals surface area contributed by atoms with Crippen molar-refractivity contribution in [1.82, 2.24) is 14.2 Å². The Hall–Kier alpha value is -2.15. The highest BCUT2D eigenvalue weighted by Crippen LogP contribution is 2.33. The minimum absolute atomic E-state index is 0.144. The Morgan fingerprint density at radius 3 is 2.62 bits per heavy atom. The summed E-state index contributed by atoms with van der Waals surface area (Å²) in [4.78, 5) is 21.1. The Kier molecular flexibility index (Phi) is 5.64. The number of aromatic nitrogens is 1. The first kappa shape index (κ1) is 21.7. The van der Waals surface area contributed by atoms with Gasteiger partial charge in [0.1, 0.15) is 21.6 Å². The second-order valence-electron chi connectivity index (χ2n) is 7.75. The third-order valence-electron chi connectivity index (χ3n) is 5.81. The second kappa shape index (κ2) is 8.32. The number of thiophene rings is 1. The molecule has 0 radical (unpaired) electrons. The zero-order valence-corrected chi connectivity index (χ0v) is 19.4. The fourth-order valence-electron chi connectivity index (χ4n) is 4.21. The lowest BCUT2D eigenvalue weighted by Gasteiger charge is -2.37. The molecule has 2 aliphatic heterocycles. The quantitative estimate of drug-likeness (QED) is 0.553. The highest BCUT2D eigenvalue weighted by atomic mass is 32.2. The van der Waals surface area contributed by atoms with Crippen molar-refractivity contribution in [2.24, 2.45) is 0 Å². The number of anilines is 1. The van der Waals surface area contributed by atoms with Crippen LogP contribution in [0.3, 0.4) is 0 Å². The number of halogens is 2. The van der Waals surface area contributed by atoms with Gasteiger partial charge < -0.3 is 9.80 Å². The van der Waals surface area contributed by atoms with E-state index in [1.807, 2.05) is 4.90 Å². The molecule has 1 atom stereocenters. The summed E-state index contributed by atoms with van der Waals surface area (Å²) in [5.74, 6) is -1.51. The van der Waals surface area contributed by atoms with Crippen LogP contribution in [0.1, 0.15) is 12.8 Å². The summed E-state index contributed by atoms with van der Waals surface area (Å²) >= 11 is 2.36. The summed E-state index contributed by atoms with van der Waals surface area (Å²) in [7, 11) is -3.68. The van der Waals surface area contributed by atoms with Gasteiger partial charge in [-0.05, 0) is 30.4 Å². The van der Waals surface area contributed by atoms with Crippen molar-refractivity contribution in [3.05, 3.63) is 41.3 Å². The van der Waals surface area contributed by atoms with Crippen molar-refractivity contribution in [3.8, 4) is 0 Å². The molecule has 0 spiro atoms. The average Bonchev–Trinajstić information content (AvgIpc) is 3.53. The molecule has 2 fully saturated rings. The van der Waals surface area contributed by atoms with Gasteiger partial charge in [-0.15, -0.1) is 11.3 Å². The van der Waals surface area contributed by atoms with Gasteiger partial charge in [0.2, 0.25) is 5.91 Å². The lowest BCUT2D eigenvalue weighted by Crippen LogP contribution is -2.54. The Morgan fingerprint density at radius 1 is 1.12 bits per heavy atom. The number of nitrogens with zero attached hydrogens (tertiary/aromatic N) is 4. The highest BCUT2D eigenvalue weighted by Gasteiger charge is 2.42. The molecule has 170 valence electrons. The van der Waals surface area contributed by atoms with Gasteiger partial charge in [-0.3, -0.25) is 4.79 Å². The maximum absolute atomic E-state index is 14.0. The predicted octanol–water partition coefficient (Wildman–Crippen LogP) is 3.14. The van der Waals surface area contributed by atoms with Gasteiger partial charge in [0.05, 0.1) is 4.70 Å². The molecule has 0 aliphatic carbocycles. The van der Waals surface area contributed by atoms with Crippen molar-refractivity contribution in [2.45, 2.75) is 23.1 Å². The van der Waals surface area contributed by atoms with E-state index in [9.17, 15) is 22.0 Å². The van der Waals surface area contributed by atoms with Gasteiger partial charge in [0.15, 0.2) is 10.9 Å². The molecule has 12 heteroatoms. The van der Waals surface area contributed by atoms with E-state index in [4.69, 9.17) is 0 Å². The van der Waals surface area contributed by atoms with Crippen LogP contribution in [0.25, 0.3) is 10.2 Å². The van der Waals surface area contributed by atoms with E-state index in [-0.39, 0.29) is 15.6 Å². The minimum Gasteiger partial charge on any atom is -0.345 e. The lowest BCUT2D eigenvalue weighted by atomic mass is 10.2. The Bertz CT molecular complexity index is 1250. The molecule has 0 bridgehead atoms. The van der Waals surface area contributed by atoms with Crippen LogP contribution in [0, 0.1) is 11.6 Å². The zero-order valence-electron chi connectivity index (χ0n) is 16.9. The van der Waals surface area contributed by atoms with E-state index in [2.05, 4.69) is 4.98 Å². The maximum atomic E-state index is 14.0. The fraction of sp³-hybridized carbons (Fsp3) is 0.400. The molecule has 1 amide bonds. The third-order valence-corrected chi connectivity index (χ3v) is 10.2. The third kappa shape index (κ3) is 3.78. The van der Waals surface area contributed by atoms with Crippen LogP contribution in [0.5, 0.6) is 0 Å². The number of thiazole rings is 1. The van der Waals surface area contributed by atoms with Crippen LogP contribution < -0.4 is 4.90 Å². The number of hydrogen-bond donors (Lipinski definition) is 0. The van der Waals surface area contributed by atoms with Crippen molar-refractivity contribution in [1.29, 1.82) is 0 Å². The van der Waals surface area contributed by atoms with E-state index in [1.54, 1.807) is 22.4 Å². The van der Waals surface area contributed by atoms with Gasteiger partial charge in [-0.1, -0.05) is 17.4 Å². The Labute approximate surface area is 191 Å². The van der Waals surface area contributed by atoms with Crippen LogP contribution in [0.2, 0.25) is 0 Å². The van der Waals surface area contributed by atoms with Crippen LogP contribution in [-0.2, 0) is 14.8 Å². The standard InChI is InChI=1S/C20H20F2N4O3S3/c21-13-11-14(22)18-16(12-13)31-20(23-18)25-8-6-24(7-9-25)19(27)15-3-1-5-26(15)32(28,29)17-4-2-10-30-17/h2,4,10-12,15H,1,3,5-9H2/t15-/m0/s1. The largest absolute Gasteiger partial charge is 0.345 e. The molecular formula is C20H20F2N4O3S3. The average molecular weight is 499 g/mol. The second-order valence-corrected chi connectivity index (χ2v) is 11.8. The summed E-state index contributed by atoms with van der Waals surface area (Å²) in [6.07, 6.45) is 1.15. The number of carbonyl (C=O) groups is 1. The van der Waals surface area contributed by atoms with Crippen LogP contribution in [-0.4, -0.2) is 67.3 Å². The minimum atomic E-state index is -3.68. The van der Waals surface area contributed by atoms with Crippen LogP contribution in [0.4, 0.5) is 13.9 Å². The molecule has 3 aromatic rings. The number of sulfonamides is 1. The number of carbonyl (C=O) groups excluding carboxylic acids is 1. The normalized spacial score (nSPS) is 20.4. The first-order chi connectivity index (χ1) is 15.3. The molecule has 0 unspecified atom stereocenters. The summed E-state index contributed by atoms with van der Waals surface area (Å²) < 4.78 is 55.4. The van der Waals surface area contributed by atoms with Crippen molar-refractivity contribution in [3.63, 3.8) is 0 Å². The highest BCUT2D eigenvalue weighted by molar-refractivity contribution is 7.91. The van der Waals surface area contributed by atoms with Gasteiger partial charge >= 0.3 is 0 Å². The van der Waals surface area contributed by atoms with Gasteiger partial charge in [0, 0.05) is 38.8 Å². The van der Waals surface area contributed by atoms with Crippen LogP contribution >= 0.6 is 22.7 Å². The molecule has 4 heterocycles. The van der Waals surface area contributed by atoms with E-state index in [0.717, 1.165) is 17.4 Å². The van der Waals surface area contributed by atoms with Crippen molar-refractivity contribution in [2.75, 3.05) is 37.6 Å². The molecule has 0 N–H and O–H groups in total. The number of fused-ring (bicyclic) bond motifs is 1. The van der Waals surface area contributed by atoms with Gasteiger partial charge in [0.25, 0.3) is 10.0 Å².